The van der Waals surface area contributed by atoms with Crippen LogP contribution in [0.4, 0.5) is 0 Å². The molecule has 0 amide bonds. The summed E-state index contributed by atoms with van der Waals surface area (Å²) in [6, 6.07) is 6.89. The minimum atomic E-state index is -0.843. The van der Waals surface area contributed by atoms with Crippen LogP contribution >= 0.6 is 0 Å². The molecule has 66 valence electrons. The monoisotopic (exact) mass is 182 g/mol. The van der Waals surface area contributed by atoms with Crippen LogP contribution in [0.5, 0.6) is 0 Å². The van der Waals surface area contributed by atoms with E-state index in [4.69, 9.17) is 21.0 Å². The largest absolute Gasteiger partial charge is 0.197 e. The Morgan fingerprint density at radius 2 is 1.57 bits per heavy atom. The van der Waals surface area contributed by atoms with Crippen LogP contribution in [0.25, 0.3) is 0 Å². The van der Waals surface area contributed by atoms with Crippen LogP contribution < -0.4 is 0 Å². The summed E-state index contributed by atoms with van der Waals surface area (Å²) in [4.78, 5) is 0. The molecule has 0 rings (SSSR count). The van der Waals surface area contributed by atoms with Crippen LogP contribution in [-0.4, -0.2) is 0 Å². The van der Waals surface area contributed by atoms with Crippen molar-refractivity contribution in [3.8, 4) is 24.3 Å². The molecule has 0 atom stereocenters. The first kappa shape index (κ1) is 11.4. The first-order chi connectivity index (χ1) is 6.67. The van der Waals surface area contributed by atoms with Gasteiger partial charge in [0.15, 0.2) is 5.92 Å². The van der Waals surface area contributed by atoms with Crippen LogP contribution in [0, 0.1) is 51.2 Å². The van der Waals surface area contributed by atoms with Crippen molar-refractivity contribution >= 4 is 0 Å². The maximum Gasteiger partial charge on any atom is 0.151 e. The molecule has 0 aromatic carbocycles. The van der Waals surface area contributed by atoms with E-state index in [2.05, 4.69) is 0 Å². The molecule has 0 heterocycles. The van der Waals surface area contributed by atoms with Crippen molar-refractivity contribution < 1.29 is 0 Å². The van der Waals surface area contributed by atoms with Crippen molar-refractivity contribution in [1.82, 2.24) is 0 Å². The molecule has 0 saturated carbocycles. The highest BCUT2D eigenvalue weighted by atomic mass is 14.3. The van der Waals surface area contributed by atoms with Gasteiger partial charge in [-0.3, -0.25) is 0 Å². The van der Waals surface area contributed by atoms with Gasteiger partial charge in [-0.25, -0.2) is 0 Å². The zero-order valence-corrected chi connectivity index (χ0v) is 7.52. The summed E-state index contributed by atoms with van der Waals surface area (Å²) in [6.45, 7) is 1.62. The standard InChI is InChI=1S/C10H6N4/c1-8(2-9(4-11)5-12)3-10(6-13)7-14/h2-3,9H,1H3/b8-2+. The van der Waals surface area contributed by atoms with Crippen molar-refractivity contribution in [2.45, 2.75) is 6.92 Å². The van der Waals surface area contributed by atoms with E-state index >= 15 is 0 Å². The highest BCUT2D eigenvalue weighted by Crippen LogP contribution is 2.05. The average Bonchev–Trinajstić information content (AvgIpc) is 2.22. The zero-order valence-electron chi connectivity index (χ0n) is 7.52. The smallest absolute Gasteiger partial charge is 0.151 e. The predicted octanol–water partition coefficient (Wildman–Crippen LogP) is 1.57. The highest BCUT2D eigenvalue weighted by molar-refractivity contribution is 5.41. The van der Waals surface area contributed by atoms with Gasteiger partial charge in [0.1, 0.15) is 17.7 Å². The molecule has 0 aliphatic carbocycles. The fourth-order valence-corrected chi connectivity index (χ4v) is 0.732. The SMILES string of the molecule is C/C(C=C(C#N)C#N)=C\C(C#N)C#N. The van der Waals surface area contributed by atoms with Crippen molar-refractivity contribution in [2.24, 2.45) is 5.92 Å². The van der Waals surface area contributed by atoms with Gasteiger partial charge in [-0.15, -0.1) is 0 Å². The van der Waals surface area contributed by atoms with Gasteiger partial charge >= 0.3 is 0 Å². The molecule has 0 spiro atoms. The first-order valence-corrected chi connectivity index (χ1v) is 3.67. The van der Waals surface area contributed by atoms with E-state index < -0.39 is 5.92 Å². The molecule has 0 aliphatic rings. The minimum Gasteiger partial charge on any atom is -0.197 e. The van der Waals surface area contributed by atoms with Crippen LogP contribution in [0.3, 0.4) is 0 Å². The van der Waals surface area contributed by atoms with Gasteiger partial charge < -0.3 is 0 Å². The molecule has 0 saturated heterocycles. The molecule has 0 bridgehead atoms. The normalized spacial score (nSPS) is 9.14. The topological polar surface area (TPSA) is 95.2 Å². The third kappa shape index (κ3) is 3.72. The maximum atomic E-state index is 8.46. The molecule has 4 heteroatoms. The number of nitriles is 4. The summed E-state index contributed by atoms with van der Waals surface area (Å²) < 4.78 is 0. The summed E-state index contributed by atoms with van der Waals surface area (Å²) in [5.41, 5.74) is 0.504. The summed E-state index contributed by atoms with van der Waals surface area (Å²) >= 11 is 0. The third-order valence-electron chi connectivity index (χ3n) is 1.32. The van der Waals surface area contributed by atoms with Crippen LogP contribution in [0.1, 0.15) is 6.92 Å². The average molecular weight is 182 g/mol. The molecule has 0 fully saturated rings. The quantitative estimate of drug-likeness (QED) is 0.478. The van der Waals surface area contributed by atoms with E-state index in [1.54, 1.807) is 31.2 Å². The Balaban J connectivity index is 4.87. The van der Waals surface area contributed by atoms with E-state index in [9.17, 15) is 0 Å². The maximum absolute atomic E-state index is 8.46. The van der Waals surface area contributed by atoms with E-state index in [0.29, 0.717) is 5.57 Å². The van der Waals surface area contributed by atoms with Crippen LogP contribution in [-0.2, 0) is 0 Å². The van der Waals surface area contributed by atoms with Crippen molar-refractivity contribution in [3.63, 3.8) is 0 Å². The molecule has 4 nitrogen and oxygen atoms in total. The molecule has 0 radical (unpaired) electrons. The molecule has 0 aromatic rings. The van der Waals surface area contributed by atoms with Crippen molar-refractivity contribution in [2.75, 3.05) is 0 Å². The summed E-state index contributed by atoms with van der Waals surface area (Å²) in [5.74, 6) is -0.843. The number of allylic oxidation sites excluding steroid dienone is 4. The molecule has 14 heavy (non-hydrogen) atoms. The zero-order chi connectivity index (χ0) is 11.0. The van der Waals surface area contributed by atoms with E-state index in [0.717, 1.165) is 0 Å². The Morgan fingerprint density at radius 3 is 1.93 bits per heavy atom. The van der Waals surface area contributed by atoms with Gasteiger partial charge in [0.2, 0.25) is 0 Å². The fourth-order valence-electron chi connectivity index (χ4n) is 0.732. The molecular formula is C10H6N4. The van der Waals surface area contributed by atoms with Gasteiger partial charge in [0.05, 0.1) is 12.1 Å². The molecular weight excluding hydrogens is 176 g/mol. The van der Waals surface area contributed by atoms with Gasteiger partial charge in [-0.2, -0.15) is 21.0 Å². The molecule has 0 N–H and O–H groups in total. The second-order valence-electron chi connectivity index (χ2n) is 2.43. The number of rotatable bonds is 2. The summed E-state index contributed by atoms with van der Waals surface area (Å²) in [5, 5.41) is 33.8. The Kier molecular flexibility index (Phi) is 4.91. The molecule has 0 aromatic heterocycles. The Hall–Kier alpha value is -2.56. The lowest BCUT2D eigenvalue weighted by molar-refractivity contribution is 1.08. The van der Waals surface area contributed by atoms with Gasteiger partial charge in [-0.1, -0.05) is 11.6 Å². The van der Waals surface area contributed by atoms with Gasteiger partial charge in [0.25, 0.3) is 0 Å². The number of hydrogen-bond acceptors (Lipinski definition) is 4. The van der Waals surface area contributed by atoms with Crippen molar-refractivity contribution in [3.05, 3.63) is 23.3 Å². The van der Waals surface area contributed by atoms with Gasteiger partial charge in [0, 0.05) is 0 Å². The lowest BCUT2D eigenvalue weighted by Gasteiger charge is -1.92. The summed E-state index contributed by atoms with van der Waals surface area (Å²) in [6.07, 6.45) is 2.73. The van der Waals surface area contributed by atoms with Crippen LogP contribution in [0.15, 0.2) is 23.3 Å². The minimum absolute atomic E-state index is 0.0478. The van der Waals surface area contributed by atoms with E-state index in [-0.39, 0.29) is 5.57 Å². The van der Waals surface area contributed by atoms with Crippen LogP contribution in [0.2, 0.25) is 0 Å². The molecule has 0 aliphatic heterocycles. The highest BCUT2D eigenvalue weighted by Gasteiger charge is 2.00. The second-order valence-corrected chi connectivity index (χ2v) is 2.43. The fraction of sp³-hybridized carbons (Fsp3) is 0.200. The lowest BCUT2D eigenvalue weighted by atomic mass is 10.1. The summed E-state index contributed by atoms with van der Waals surface area (Å²) in [7, 11) is 0. The first-order valence-electron chi connectivity index (χ1n) is 3.67. The number of nitrogens with zero attached hydrogens (tertiary/aromatic N) is 4. The second kappa shape index (κ2) is 6.01. The van der Waals surface area contributed by atoms with E-state index in [1.165, 1.54) is 12.2 Å². The third-order valence-corrected chi connectivity index (χ3v) is 1.32. The molecule has 0 unspecified atom stereocenters. The van der Waals surface area contributed by atoms with E-state index in [1.807, 2.05) is 0 Å². The van der Waals surface area contributed by atoms with Gasteiger partial charge in [-0.05, 0) is 13.0 Å². The number of hydrogen-bond donors (Lipinski definition) is 0. The Bertz CT molecular complexity index is 399. The Labute approximate surface area is 82.2 Å². The Morgan fingerprint density at radius 1 is 1.07 bits per heavy atom. The predicted molar refractivity (Wildman–Crippen MR) is 47.8 cm³/mol. The lowest BCUT2D eigenvalue weighted by Crippen LogP contribution is -1.87. The van der Waals surface area contributed by atoms with Crippen molar-refractivity contribution in [1.29, 1.82) is 21.0 Å².